The zero-order valence-electron chi connectivity index (χ0n) is 14.5. The fraction of sp³-hybridized carbons (Fsp3) is 0.562. The lowest BCUT2D eigenvalue weighted by Crippen LogP contribution is -2.47. The molecule has 2 aromatic heterocycles. The van der Waals surface area contributed by atoms with Crippen molar-refractivity contribution in [2.75, 3.05) is 18.9 Å². The third-order valence-corrected chi connectivity index (χ3v) is 4.48. The van der Waals surface area contributed by atoms with Crippen LogP contribution in [0.3, 0.4) is 0 Å². The molecule has 2 aromatic rings. The highest BCUT2D eigenvalue weighted by molar-refractivity contribution is 5.84. The molecule has 0 radical (unpaired) electrons. The zero-order chi connectivity index (χ0) is 17.3. The normalized spacial score (nSPS) is 18.0. The average molecular weight is 329 g/mol. The first kappa shape index (κ1) is 16.4. The molecule has 1 aliphatic heterocycles. The Labute approximate surface area is 141 Å². The summed E-state index contributed by atoms with van der Waals surface area (Å²) in [5.74, 6) is 1.50. The monoisotopic (exact) mass is 329 g/mol. The molecule has 3 heterocycles. The van der Waals surface area contributed by atoms with Crippen LogP contribution in [0.1, 0.15) is 44.2 Å². The molecule has 1 fully saturated rings. The first-order valence-corrected chi connectivity index (χ1v) is 8.13. The number of anilines is 1. The highest BCUT2D eigenvalue weighted by Crippen LogP contribution is 2.34. The molecule has 0 bridgehead atoms. The number of carbonyl (C=O) groups excluding carboxylic acids is 1. The summed E-state index contributed by atoms with van der Waals surface area (Å²) >= 11 is 0. The van der Waals surface area contributed by atoms with E-state index in [0.29, 0.717) is 5.82 Å². The van der Waals surface area contributed by atoms with E-state index in [4.69, 9.17) is 0 Å². The van der Waals surface area contributed by atoms with Crippen molar-refractivity contribution in [1.82, 2.24) is 29.6 Å². The first-order chi connectivity index (χ1) is 11.4. The highest BCUT2D eigenvalue weighted by Gasteiger charge is 2.40. The van der Waals surface area contributed by atoms with Crippen molar-refractivity contribution in [2.45, 2.75) is 45.2 Å². The van der Waals surface area contributed by atoms with Crippen LogP contribution in [0.25, 0.3) is 0 Å². The van der Waals surface area contributed by atoms with Gasteiger partial charge < -0.3 is 10.2 Å². The standard InChI is InChI=1S/C16H23N7O/c1-11-20-12(8-14(17-4)21-11)13-6-5-7-22(13)15(24)16(2,3)23-10-18-9-19-23/h8-10,13H,5-7H2,1-4H3,(H,17,20,21)/t13-/m0/s1. The van der Waals surface area contributed by atoms with Crippen LogP contribution in [0.4, 0.5) is 5.82 Å². The second kappa shape index (κ2) is 6.18. The van der Waals surface area contributed by atoms with E-state index in [1.54, 1.807) is 11.0 Å². The molecule has 0 spiro atoms. The number of aryl methyl sites for hydroxylation is 1. The van der Waals surface area contributed by atoms with E-state index < -0.39 is 5.54 Å². The molecule has 0 saturated carbocycles. The van der Waals surface area contributed by atoms with E-state index in [0.717, 1.165) is 30.9 Å². The van der Waals surface area contributed by atoms with E-state index in [1.807, 2.05) is 38.8 Å². The Bertz CT molecular complexity index is 726. The average Bonchev–Trinajstić information content (AvgIpc) is 3.24. The molecular weight excluding hydrogens is 306 g/mol. The maximum absolute atomic E-state index is 13.2. The van der Waals surface area contributed by atoms with Crippen molar-refractivity contribution >= 4 is 11.7 Å². The molecule has 128 valence electrons. The number of nitrogens with one attached hydrogen (secondary N) is 1. The molecule has 1 saturated heterocycles. The van der Waals surface area contributed by atoms with Crippen LogP contribution in [-0.2, 0) is 10.3 Å². The van der Waals surface area contributed by atoms with Crippen molar-refractivity contribution in [3.8, 4) is 0 Å². The van der Waals surface area contributed by atoms with Crippen molar-refractivity contribution < 1.29 is 4.79 Å². The van der Waals surface area contributed by atoms with Gasteiger partial charge in [0.2, 0.25) is 0 Å². The van der Waals surface area contributed by atoms with Gasteiger partial charge in [-0.1, -0.05) is 0 Å². The molecule has 1 atom stereocenters. The van der Waals surface area contributed by atoms with Gasteiger partial charge in [0.05, 0.1) is 11.7 Å². The van der Waals surface area contributed by atoms with Gasteiger partial charge in [-0.3, -0.25) is 4.79 Å². The Hall–Kier alpha value is -2.51. The minimum Gasteiger partial charge on any atom is -0.373 e. The lowest BCUT2D eigenvalue weighted by molar-refractivity contribution is -0.140. The van der Waals surface area contributed by atoms with Crippen LogP contribution in [-0.4, -0.2) is 49.1 Å². The molecule has 8 heteroatoms. The summed E-state index contributed by atoms with van der Waals surface area (Å²) < 4.78 is 1.61. The Morgan fingerprint density at radius 3 is 2.83 bits per heavy atom. The van der Waals surface area contributed by atoms with Gasteiger partial charge in [-0.05, 0) is 33.6 Å². The first-order valence-electron chi connectivity index (χ1n) is 8.13. The van der Waals surface area contributed by atoms with Gasteiger partial charge in [0.15, 0.2) is 0 Å². The van der Waals surface area contributed by atoms with Crippen LogP contribution in [0.15, 0.2) is 18.7 Å². The summed E-state index contributed by atoms with van der Waals surface area (Å²) in [5, 5.41) is 7.19. The molecule has 0 unspecified atom stereocenters. The molecule has 1 amide bonds. The molecule has 1 N–H and O–H groups in total. The second-order valence-electron chi connectivity index (χ2n) is 6.53. The van der Waals surface area contributed by atoms with Crippen LogP contribution >= 0.6 is 0 Å². The lowest BCUT2D eigenvalue weighted by Gasteiger charge is -2.33. The van der Waals surface area contributed by atoms with Crippen molar-refractivity contribution in [2.24, 2.45) is 0 Å². The number of likely N-dealkylation sites (tertiary alicyclic amines) is 1. The summed E-state index contributed by atoms with van der Waals surface area (Å²) in [7, 11) is 1.83. The Balaban J connectivity index is 1.91. The van der Waals surface area contributed by atoms with E-state index in [1.165, 1.54) is 6.33 Å². The number of amides is 1. The Morgan fingerprint density at radius 2 is 2.17 bits per heavy atom. The fourth-order valence-electron chi connectivity index (χ4n) is 3.15. The van der Waals surface area contributed by atoms with E-state index >= 15 is 0 Å². The largest absolute Gasteiger partial charge is 0.373 e. The summed E-state index contributed by atoms with van der Waals surface area (Å²) in [6.07, 6.45) is 4.89. The lowest BCUT2D eigenvalue weighted by atomic mass is 10.0. The highest BCUT2D eigenvalue weighted by atomic mass is 16.2. The minimum absolute atomic E-state index is 0.0257. The van der Waals surface area contributed by atoms with E-state index in [9.17, 15) is 4.79 Å². The molecule has 0 aromatic carbocycles. The number of aromatic nitrogens is 5. The van der Waals surface area contributed by atoms with Gasteiger partial charge >= 0.3 is 0 Å². The molecule has 24 heavy (non-hydrogen) atoms. The zero-order valence-corrected chi connectivity index (χ0v) is 14.5. The van der Waals surface area contributed by atoms with Gasteiger partial charge in [0, 0.05) is 19.7 Å². The Morgan fingerprint density at radius 1 is 1.38 bits per heavy atom. The van der Waals surface area contributed by atoms with E-state index in [-0.39, 0.29) is 11.9 Å². The van der Waals surface area contributed by atoms with Crippen molar-refractivity contribution in [3.63, 3.8) is 0 Å². The molecule has 1 aliphatic rings. The molecular formula is C16H23N7O. The smallest absolute Gasteiger partial charge is 0.250 e. The predicted octanol–water partition coefficient (Wildman–Crippen LogP) is 1.52. The van der Waals surface area contributed by atoms with Crippen LogP contribution in [0.2, 0.25) is 0 Å². The molecule has 0 aliphatic carbocycles. The molecule has 3 rings (SSSR count). The number of hydrogen-bond acceptors (Lipinski definition) is 6. The summed E-state index contributed by atoms with van der Waals surface area (Å²) in [5.41, 5.74) is 0.0968. The van der Waals surface area contributed by atoms with Crippen LogP contribution in [0.5, 0.6) is 0 Å². The van der Waals surface area contributed by atoms with Gasteiger partial charge in [-0.2, -0.15) is 5.10 Å². The Kier molecular flexibility index (Phi) is 4.21. The summed E-state index contributed by atoms with van der Waals surface area (Å²) in [6.45, 7) is 6.32. The predicted molar refractivity (Wildman–Crippen MR) is 89.3 cm³/mol. The SMILES string of the molecule is CNc1cc([C@@H]2CCCN2C(=O)C(C)(C)n2cncn2)nc(C)n1. The minimum atomic E-state index is -0.785. The number of carbonyl (C=O) groups is 1. The van der Waals surface area contributed by atoms with Gasteiger partial charge in [0.1, 0.15) is 29.8 Å². The number of hydrogen-bond donors (Lipinski definition) is 1. The number of nitrogens with zero attached hydrogens (tertiary/aromatic N) is 6. The third-order valence-electron chi connectivity index (χ3n) is 4.48. The van der Waals surface area contributed by atoms with Crippen molar-refractivity contribution in [1.29, 1.82) is 0 Å². The fourth-order valence-corrected chi connectivity index (χ4v) is 3.15. The van der Waals surface area contributed by atoms with Crippen molar-refractivity contribution in [3.05, 3.63) is 30.2 Å². The van der Waals surface area contributed by atoms with Gasteiger partial charge in [0.25, 0.3) is 5.91 Å². The maximum Gasteiger partial charge on any atom is 0.250 e. The summed E-state index contributed by atoms with van der Waals surface area (Å²) in [6, 6.07) is 1.89. The maximum atomic E-state index is 13.2. The topological polar surface area (TPSA) is 88.8 Å². The quantitative estimate of drug-likeness (QED) is 0.915. The summed E-state index contributed by atoms with van der Waals surface area (Å²) in [4.78, 5) is 27.9. The van der Waals surface area contributed by atoms with Crippen LogP contribution < -0.4 is 5.32 Å². The third kappa shape index (κ3) is 2.83. The van der Waals surface area contributed by atoms with Gasteiger partial charge in [-0.25, -0.2) is 19.6 Å². The van der Waals surface area contributed by atoms with E-state index in [2.05, 4.69) is 25.4 Å². The second-order valence-corrected chi connectivity index (χ2v) is 6.53. The number of rotatable bonds is 4. The molecule has 8 nitrogen and oxygen atoms in total. The van der Waals surface area contributed by atoms with Crippen LogP contribution in [0, 0.1) is 6.92 Å². The van der Waals surface area contributed by atoms with Gasteiger partial charge in [-0.15, -0.1) is 0 Å².